The van der Waals surface area contributed by atoms with Gasteiger partial charge in [0.2, 0.25) is 5.91 Å². The molecule has 1 amide bonds. The Balaban J connectivity index is 1.67. The molecule has 4 rings (SSSR count). The van der Waals surface area contributed by atoms with Crippen LogP contribution < -0.4 is 10.1 Å². The lowest BCUT2D eigenvalue weighted by Gasteiger charge is -2.13. The number of nitrogens with one attached hydrogen (secondary N) is 1. The van der Waals surface area contributed by atoms with E-state index in [2.05, 4.69) is 45.5 Å². The highest BCUT2D eigenvalue weighted by molar-refractivity contribution is 9.09. The maximum Gasteiger partial charge on any atom is 0.228 e. The highest BCUT2D eigenvalue weighted by atomic mass is 79.9. The molecule has 2 aliphatic heterocycles. The van der Waals surface area contributed by atoms with Crippen LogP contribution >= 0.6 is 15.9 Å². The fraction of sp³-hybridized carbons (Fsp3) is 0.235. The van der Waals surface area contributed by atoms with Gasteiger partial charge < -0.3 is 10.1 Å². The van der Waals surface area contributed by atoms with Crippen molar-refractivity contribution in [2.75, 3.05) is 11.9 Å². The third kappa shape index (κ3) is 2.23. The van der Waals surface area contributed by atoms with Crippen molar-refractivity contribution >= 4 is 27.5 Å². The van der Waals surface area contributed by atoms with Crippen LogP contribution in [0.1, 0.15) is 27.1 Å². The molecule has 1 unspecified atom stereocenters. The highest BCUT2D eigenvalue weighted by Gasteiger charge is 2.21. The smallest absolute Gasteiger partial charge is 0.228 e. The summed E-state index contributed by atoms with van der Waals surface area (Å²) in [5.41, 5.74) is 5.67. The Morgan fingerprint density at radius 3 is 2.71 bits per heavy atom. The third-order valence-corrected chi connectivity index (χ3v) is 5.11. The Morgan fingerprint density at radius 1 is 1.10 bits per heavy atom. The third-order valence-electron chi connectivity index (χ3n) is 4.05. The molecule has 2 aromatic carbocycles. The van der Waals surface area contributed by atoms with Gasteiger partial charge in [-0.15, -0.1) is 0 Å². The first kappa shape index (κ1) is 12.9. The molecule has 0 aromatic heterocycles. The zero-order valence-corrected chi connectivity index (χ0v) is 12.9. The molecule has 0 fully saturated rings. The van der Waals surface area contributed by atoms with Gasteiger partial charge in [0.25, 0.3) is 0 Å². The van der Waals surface area contributed by atoms with Crippen molar-refractivity contribution in [2.24, 2.45) is 0 Å². The van der Waals surface area contributed by atoms with Crippen LogP contribution in [0.2, 0.25) is 0 Å². The van der Waals surface area contributed by atoms with Crippen LogP contribution in [-0.2, 0) is 17.6 Å². The van der Waals surface area contributed by atoms with E-state index < -0.39 is 0 Å². The van der Waals surface area contributed by atoms with E-state index in [4.69, 9.17) is 4.74 Å². The van der Waals surface area contributed by atoms with Gasteiger partial charge in [-0.2, -0.15) is 0 Å². The summed E-state index contributed by atoms with van der Waals surface area (Å²) in [4.78, 5) is 11.6. The van der Waals surface area contributed by atoms with E-state index in [0.717, 1.165) is 30.0 Å². The van der Waals surface area contributed by atoms with Gasteiger partial charge in [-0.05, 0) is 34.4 Å². The van der Waals surface area contributed by atoms with Gasteiger partial charge in [-0.1, -0.05) is 40.2 Å². The normalized spacial score (nSPS) is 16.9. The Labute approximate surface area is 131 Å². The van der Waals surface area contributed by atoms with E-state index in [9.17, 15) is 4.79 Å². The molecule has 2 heterocycles. The number of anilines is 1. The Morgan fingerprint density at radius 2 is 1.86 bits per heavy atom. The van der Waals surface area contributed by atoms with Gasteiger partial charge in [0, 0.05) is 12.1 Å². The first-order valence-corrected chi connectivity index (χ1v) is 7.94. The van der Waals surface area contributed by atoms with Crippen LogP contribution in [0.5, 0.6) is 5.75 Å². The van der Waals surface area contributed by atoms with Crippen LogP contribution in [0.25, 0.3) is 0 Å². The van der Waals surface area contributed by atoms with Crippen LogP contribution in [-0.4, -0.2) is 12.5 Å². The second-order valence-electron chi connectivity index (χ2n) is 5.47. The van der Waals surface area contributed by atoms with Gasteiger partial charge in [-0.3, -0.25) is 4.79 Å². The molecule has 3 nitrogen and oxygen atoms in total. The molecule has 0 bridgehead atoms. The predicted molar refractivity (Wildman–Crippen MR) is 85.2 cm³/mol. The van der Waals surface area contributed by atoms with Crippen molar-refractivity contribution in [3.8, 4) is 5.75 Å². The average Bonchev–Trinajstić information content (AvgIpc) is 3.09. The van der Waals surface area contributed by atoms with Crippen LogP contribution in [0.4, 0.5) is 5.69 Å². The summed E-state index contributed by atoms with van der Waals surface area (Å²) in [5, 5.41) is 2.87. The Kier molecular flexibility index (Phi) is 3.00. The van der Waals surface area contributed by atoms with Gasteiger partial charge in [-0.25, -0.2) is 0 Å². The fourth-order valence-electron chi connectivity index (χ4n) is 2.96. The van der Waals surface area contributed by atoms with Gasteiger partial charge in [0.15, 0.2) is 0 Å². The molecular formula is C17H14BrNO2. The minimum atomic E-state index is 0.0722. The van der Waals surface area contributed by atoms with Crippen LogP contribution in [0, 0.1) is 0 Å². The molecule has 2 aromatic rings. The SMILES string of the molecule is O=C1Cc2cc(C(Br)c3ccc4c(c3)CCO4)ccc2N1. The Bertz CT molecular complexity index is 742. The lowest BCUT2D eigenvalue weighted by molar-refractivity contribution is -0.115. The van der Waals surface area contributed by atoms with E-state index in [1.165, 1.54) is 16.7 Å². The van der Waals surface area contributed by atoms with E-state index in [0.29, 0.717) is 6.42 Å². The molecule has 0 saturated heterocycles. The molecule has 1 atom stereocenters. The standard InChI is InChI=1S/C17H14BrNO2/c18-17(12-2-4-15-10(7-12)5-6-21-15)11-1-3-14-13(8-11)9-16(20)19-14/h1-4,7-8,17H,5-6,9H2,(H,19,20). The molecule has 0 radical (unpaired) electrons. The zero-order valence-electron chi connectivity index (χ0n) is 11.4. The first-order valence-electron chi connectivity index (χ1n) is 7.03. The number of amides is 1. The van der Waals surface area contributed by atoms with Crippen molar-refractivity contribution < 1.29 is 9.53 Å². The Hall–Kier alpha value is -1.81. The largest absolute Gasteiger partial charge is 0.493 e. The van der Waals surface area contributed by atoms with Gasteiger partial charge >= 0.3 is 0 Å². The quantitative estimate of drug-likeness (QED) is 0.846. The zero-order chi connectivity index (χ0) is 14.4. The topological polar surface area (TPSA) is 38.3 Å². The number of alkyl halides is 1. The maximum absolute atomic E-state index is 11.4. The number of rotatable bonds is 2. The number of carbonyl (C=O) groups excluding carboxylic acids is 1. The molecule has 21 heavy (non-hydrogen) atoms. The molecular weight excluding hydrogens is 330 g/mol. The monoisotopic (exact) mass is 343 g/mol. The number of benzene rings is 2. The second kappa shape index (κ2) is 4.88. The molecule has 0 aliphatic carbocycles. The van der Waals surface area contributed by atoms with Crippen molar-refractivity contribution in [2.45, 2.75) is 17.7 Å². The van der Waals surface area contributed by atoms with Crippen LogP contribution in [0.3, 0.4) is 0 Å². The molecule has 1 N–H and O–H groups in total. The van der Waals surface area contributed by atoms with E-state index in [1.807, 2.05) is 12.1 Å². The molecule has 4 heteroatoms. The molecule has 2 aliphatic rings. The summed E-state index contributed by atoms with van der Waals surface area (Å²) < 4.78 is 5.55. The summed E-state index contributed by atoms with van der Waals surface area (Å²) in [6.45, 7) is 0.776. The minimum Gasteiger partial charge on any atom is -0.493 e. The van der Waals surface area contributed by atoms with Crippen molar-refractivity contribution in [3.63, 3.8) is 0 Å². The van der Waals surface area contributed by atoms with E-state index >= 15 is 0 Å². The second-order valence-corrected chi connectivity index (χ2v) is 6.39. The first-order chi connectivity index (χ1) is 10.2. The van der Waals surface area contributed by atoms with E-state index in [-0.39, 0.29) is 10.7 Å². The summed E-state index contributed by atoms with van der Waals surface area (Å²) in [6, 6.07) is 12.5. The molecule has 0 saturated carbocycles. The van der Waals surface area contributed by atoms with Crippen molar-refractivity contribution in [3.05, 3.63) is 58.7 Å². The maximum atomic E-state index is 11.4. The number of ether oxygens (including phenoxy) is 1. The summed E-state index contributed by atoms with van der Waals surface area (Å²) in [7, 11) is 0. The van der Waals surface area contributed by atoms with Crippen molar-refractivity contribution in [1.82, 2.24) is 0 Å². The number of halogens is 1. The molecule has 106 valence electrons. The lowest BCUT2D eigenvalue weighted by atomic mass is 9.99. The predicted octanol–water partition coefficient (Wildman–Crippen LogP) is 3.60. The number of fused-ring (bicyclic) bond motifs is 2. The lowest BCUT2D eigenvalue weighted by Crippen LogP contribution is -2.03. The van der Waals surface area contributed by atoms with Crippen LogP contribution in [0.15, 0.2) is 36.4 Å². The van der Waals surface area contributed by atoms with Crippen molar-refractivity contribution in [1.29, 1.82) is 0 Å². The number of carbonyl (C=O) groups is 1. The summed E-state index contributed by atoms with van der Waals surface area (Å²) >= 11 is 3.78. The summed E-state index contributed by atoms with van der Waals surface area (Å²) in [5.74, 6) is 1.07. The highest BCUT2D eigenvalue weighted by Crippen LogP contribution is 2.37. The fourth-order valence-corrected chi connectivity index (χ4v) is 3.53. The van der Waals surface area contributed by atoms with E-state index in [1.54, 1.807) is 0 Å². The average molecular weight is 344 g/mol. The minimum absolute atomic E-state index is 0.0722. The molecule has 0 spiro atoms. The summed E-state index contributed by atoms with van der Waals surface area (Å²) in [6.07, 6.45) is 1.45. The van der Waals surface area contributed by atoms with Gasteiger partial charge in [0.05, 0.1) is 17.9 Å². The number of hydrogen-bond donors (Lipinski definition) is 1. The van der Waals surface area contributed by atoms with Gasteiger partial charge in [0.1, 0.15) is 5.75 Å². The number of hydrogen-bond acceptors (Lipinski definition) is 2.